The molecule has 0 heterocycles. The summed E-state index contributed by atoms with van der Waals surface area (Å²) in [7, 11) is 12.1. The Kier molecular flexibility index (Phi) is 15.8. The van der Waals surface area contributed by atoms with Crippen molar-refractivity contribution in [1.82, 2.24) is 0 Å². The van der Waals surface area contributed by atoms with E-state index in [4.69, 9.17) is 28.9 Å². The van der Waals surface area contributed by atoms with Gasteiger partial charge in [-0.25, -0.2) is 0 Å². The average Bonchev–Trinajstić information content (AvgIpc) is 3.10. The van der Waals surface area contributed by atoms with Crippen molar-refractivity contribution in [3.63, 3.8) is 0 Å². The van der Waals surface area contributed by atoms with Crippen LogP contribution in [0, 0.1) is 6.92 Å². The number of halogens is 2. The minimum absolute atomic E-state index is 0.0465. The first-order chi connectivity index (χ1) is 23.4. The van der Waals surface area contributed by atoms with Gasteiger partial charge in [0.2, 0.25) is 0 Å². The fourth-order valence-electron chi connectivity index (χ4n) is 8.15. The third-order valence-corrected chi connectivity index (χ3v) is 16.9. The summed E-state index contributed by atoms with van der Waals surface area (Å²) in [6.45, 7) is 6.56. The third kappa shape index (κ3) is 11.9. The van der Waals surface area contributed by atoms with Crippen LogP contribution >= 0.6 is 27.3 Å². The second-order valence-electron chi connectivity index (χ2n) is 14.5. The average molecular weight is 798 g/mol. The Balaban J connectivity index is 0.000000204. The van der Waals surface area contributed by atoms with Crippen molar-refractivity contribution in [3.05, 3.63) is 83.4 Å². The van der Waals surface area contributed by atoms with Gasteiger partial charge in [-0.1, -0.05) is 37.0 Å². The maximum atomic E-state index is 6.08. The molecule has 0 saturated heterocycles. The predicted molar refractivity (Wildman–Crippen MR) is 209 cm³/mol. The van der Waals surface area contributed by atoms with Crippen molar-refractivity contribution in [2.45, 2.75) is 147 Å². The van der Waals surface area contributed by atoms with E-state index in [1.807, 2.05) is 36.7 Å². The van der Waals surface area contributed by atoms with Gasteiger partial charge in [0.1, 0.15) is 0 Å². The zero-order valence-electron chi connectivity index (χ0n) is 29.5. The molecule has 0 aliphatic heterocycles. The number of hydrogen-bond acceptors (Lipinski definition) is 2. The molecule has 6 heteroatoms. The molecule has 0 unspecified atom stereocenters. The van der Waals surface area contributed by atoms with Gasteiger partial charge in [-0.15, -0.1) is 0 Å². The van der Waals surface area contributed by atoms with E-state index in [0.717, 1.165) is 22.6 Å². The number of ether oxygens (including phenoxy) is 2. The summed E-state index contributed by atoms with van der Waals surface area (Å²) in [6.07, 6.45) is 23.9. The van der Waals surface area contributed by atoms with E-state index >= 15 is 0 Å². The van der Waals surface area contributed by atoms with E-state index in [-0.39, 0.29) is 14.0 Å². The molecule has 3 aromatic carbocycles. The normalized spacial score (nSPS) is 18.3. The van der Waals surface area contributed by atoms with Crippen LogP contribution in [0.5, 0.6) is 11.5 Å². The fraction of sp³-hybridized carbons (Fsp3) is 0.548. The van der Waals surface area contributed by atoms with Crippen LogP contribution in [-0.4, -0.2) is 27.7 Å². The van der Waals surface area contributed by atoms with Crippen LogP contribution < -0.4 is 9.47 Å². The number of benzene rings is 3. The van der Waals surface area contributed by atoms with Crippen LogP contribution in [0.3, 0.4) is 0 Å². The number of rotatable bonds is 10. The molecular weight excluding hydrogens is 739 g/mol. The molecule has 0 atom stereocenters. The molecule has 2 nitrogen and oxygen atoms in total. The molecule has 0 radical (unpaired) electrons. The number of hydrogen-bond donors (Lipinski definition) is 0. The van der Waals surface area contributed by atoms with Gasteiger partial charge in [0.25, 0.3) is 0 Å². The van der Waals surface area contributed by atoms with Crippen molar-refractivity contribution in [3.8, 4) is 22.6 Å². The van der Waals surface area contributed by atoms with Crippen molar-refractivity contribution in [2.75, 3.05) is 0 Å². The topological polar surface area (TPSA) is 18.5 Å². The molecule has 3 aliphatic carbocycles. The summed E-state index contributed by atoms with van der Waals surface area (Å²) in [4.78, 5) is 0. The Bertz CT molecular complexity index is 1360. The quantitative estimate of drug-likeness (QED) is 0.150. The van der Waals surface area contributed by atoms with Crippen molar-refractivity contribution in [1.29, 1.82) is 0 Å². The van der Waals surface area contributed by atoms with Gasteiger partial charge in [0, 0.05) is 7.92 Å². The molecule has 3 aliphatic rings. The van der Waals surface area contributed by atoms with Gasteiger partial charge in [-0.2, -0.15) is 0 Å². The fourth-order valence-corrected chi connectivity index (χ4v) is 15.2. The summed E-state index contributed by atoms with van der Waals surface area (Å²) in [5, 5.41) is 0. The zero-order valence-corrected chi connectivity index (χ0v) is 33.7. The first-order valence-electron chi connectivity index (χ1n) is 18.6. The zero-order chi connectivity index (χ0) is 33.7. The van der Waals surface area contributed by atoms with Gasteiger partial charge in [-0.05, 0) is 84.0 Å². The monoisotopic (exact) mass is 797 g/mol. The Morgan fingerprint density at radius 1 is 0.688 bits per heavy atom. The van der Waals surface area contributed by atoms with Crippen LogP contribution in [0.15, 0.2) is 66.7 Å². The summed E-state index contributed by atoms with van der Waals surface area (Å²) >= 11 is -1.97. The Labute approximate surface area is 306 Å². The molecular formula is C42H58Cl2O2PRu+. The summed E-state index contributed by atoms with van der Waals surface area (Å²) in [5.74, 6) is 1.54. The Hall–Kier alpha value is -1.24. The summed E-state index contributed by atoms with van der Waals surface area (Å²) in [6, 6.07) is 22.7. The van der Waals surface area contributed by atoms with Crippen molar-refractivity contribution >= 4 is 31.9 Å². The molecule has 0 N–H and O–H groups in total. The van der Waals surface area contributed by atoms with E-state index in [0.29, 0.717) is 6.61 Å². The Morgan fingerprint density at radius 2 is 1.17 bits per heavy atom. The molecule has 6 rings (SSSR count). The Morgan fingerprint density at radius 3 is 1.62 bits per heavy atom. The van der Waals surface area contributed by atoms with Crippen LogP contribution in [0.25, 0.3) is 11.1 Å². The molecule has 0 spiro atoms. The first-order valence-corrected chi connectivity index (χ1v) is 25.9. The van der Waals surface area contributed by atoms with Crippen LogP contribution in [-0.2, 0) is 20.1 Å². The van der Waals surface area contributed by atoms with E-state index in [9.17, 15) is 0 Å². The molecule has 264 valence electrons. The van der Waals surface area contributed by atoms with Crippen LogP contribution in [0.1, 0.15) is 127 Å². The van der Waals surface area contributed by atoms with Crippen molar-refractivity contribution < 1.29 is 23.0 Å². The minimum atomic E-state index is -1.97. The molecule has 0 bridgehead atoms. The smallest absolute Gasteiger partial charge is 0.0587 e. The van der Waals surface area contributed by atoms with Gasteiger partial charge in [0.15, 0.2) is 0 Å². The SMILES string of the molecule is C1CCC([PH+](C2CCCCC2)C2CCCCC2)CC1.Cc1ccc(-c2ccc(COc3ccc(OC(C)C)c([CH]=[Ru]([Cl])[Cl])c3)cc2)cc1. The third-order valence-electron chi connectivity index (χ3n) is 10.5. The molecule has 0 aromatic heterocycles. The summed E-state index contributed by atoms with van der Waals surface area (Å²) in [5.41, 5.74) is 9.34. The van der Waals surface area contributed by atoms with Gasteiger partial charge in [0.05, 0.1) is 17.0 Å². The molecule has 0 amide bonds. The standard InChI is InChI=1S/C24H24O2.C18H33P.2ClH.Ru/c1-17(2)26-24-14-13-23(15-19(24)4)25-16-20-7-11-22(12-8-20)21-9-5-18(3)6-10-21;1-4-10-16(11-5-1)19(17-12-6-2-7-13-17)18-14-8-3-9-15-18;;;/h4-15,17H,16H2,1-3H3;16-18H,1-15H2;2*1H;/q;;;;+2/p-1. The van der Waals surface area contributed by atoms with E-state index in [1.54, 1.807) is 96.3 Å². The predicted octanol–water partition coefficient (Wildman–Crippen LogP) is 13.3. The minimum Gasteiger partial charge on any atom is -0.0587 e. The van der Waals surface area contributed by atoms with Crippen LogP contribution in [0.4, 0.5) is 0 Å². The number of aryl methyl sites for hydroxylation is 1. The first kappa shape index (κ1) is 38.0. The van der Waals surface area contributed by atoms with Gasteiger partial charge in [-0.3, -0.25) is 0 Å². The van der Waals surface area contributed by atoms with E-state index in [2.05, 4.69) is 55.5 Å². The second kappa shape index (κ2) is 20.0. The molecule has 3 saturated carbocycles. The van der Waals surface area contributed by atoms with Crippen LogP contribution in [0.2, 0.25) is 0 Å². The summed E-state index contributed by atoms with van der Waals surface area (Å²) < 4.78 is 13.7. The maximum absolute atomic E-state index is 6.08. The van der Waals surface area contributed by atoms with E-state index in [1.165, 1.54) is 33.7 Å². The van der Waals surface area contributed by atoms with Gasteiger partial charge >= 0.3 is 162 Å². The molecule has 3 aromatic rings. The second-order valence-corrected chi connectivity index (χ2v) is 23.7. The van der Waals surface area contributed by atoms with Crippen molar-refractivity contribution in [2.24, 2.45) is 0 Å². The molecule has 3 fully saturated rings. The molecule has 48 heavy (non-hydrogen) atoms. The van der Waals surface area contributed by atoms with Gasteiger partial charge < -0.3 is 0 Å². The van der Waals surface area contributed by atoms with E-state index < -0.39 is 13.5 Å².